The Morgan fingerprint density at radius 1 is 0.704 bits per heavy atom. The maximum atomic E-state index is 13.0. The average Bonchev–Trinajstić information content (AvgIpc) is 3.95. The predicted molar refractivity (Wildman–Crippen MR) is 194 cm³/mol. The van der Waals surface area contributed by atoms with Gasteiger partial charge in [-0.3, -0.25) is 19.6 Å². The van der Waals surface area contributed by atoms with E-state index in [-0.39, 0.29) is 43.0 Å². The molecule has 1 aliphatic heterocycles. The van der Waals surface area contributed by atoms with Crippen LogP contribution in [0.25, 0.3) is 11.6 Å². The molecule has 0 aromatic carbocycles. The third kappa shape index (κ3) is 6.70. The minimum absolute atomic E-state index is 0.0191. The number of carbonyl (C=O) groups is 2. The molecule has 0 spiro atoms. The topological polar surface area (TPSA) is 195 Å². The van der Waals surface area contributed by atoms with Crippen molar-refractivity contribution in [1.29, 1.82) is 0 Å². The molecule has 4 fully saturated rings. The van der Waals surface area contributed by atoms with Crippen LogP contribution in [0.15, 0.2) is 37.2 Å². The highest BCUT2D eigenvalue weighted by Gasteiger charge is 2.51. The molecule has 4 aromatic rings. The van der Waals surface area contributed by atoms with Crippen molar-refractivity contribution in [2.75, 3.05) is 26.4 Å². The fourth-order valence-electron chi connectivity index (χ4n) is 9.50. The number of carbonyl (C=O) groups excluding carboxylic acids is 2. The van der Waals surface area contributed by atoms with E-state index in [1.807, 2.05) is 4.68 Å². The van der Waals surface area contributed by atoms with Crippen LogP contribution in [0.2, 0.25) is 0 Å². The van der Waals surface area contributed by atoms with Crippen molar-refractivity contribution in [2.24, 2.45) is 23.7 Å². The lowest BCUT2D eigenvalue weighted by Crippen LogP contribution is -2.45. The number of hydrogen-bond donors (Lipinski definition) is 4. The van der Waals surface area contributed by atoms with Gasteiger partial charge in [-0.2, -0.15) is 10.2 Å². The highest BCUT2D eigenvalue weighted by atomic mass is 16.5. The number of aromatic nitrogens is 8. The summed E-state index contributed by atoms with van der Waals surface area (Å²) in [5, 5.41) is 35.0. The number of aliphatic hydroxyl groups is 2. The van der Waals surface area contributed by atoms with E-state index in [2.05, 4.69) is 40.8 Å². The summed E-state index contributed by atoms with van der Waals surface area (Å²) in [7, 11) is 0. The van der Waals surface area contributed by atoms with Crippen molar-refractivity contribution >= 4 is 11.8 Å². The zero-order valence-electron chi connectivity index (χ0n) is 30.4. The normalized spacial score (nSPS) is 24.9. The van der Waals surface area contributed by atoms with Gasteiger partial charge in [0, 0.05) is 61.0 Å². The number of amides is 2. The van der Waals surface area contributed by atoms with Crippen molar-refractivity contribution in [3.8, 4) is 11.6 Å². The SMILES string of the molecule is O=C(N[C@@H](CO)C1CCOCC1)c1nn(-c2cnccn2)c2c1C[C@H]1C[C@@H]21.O=C(N[C@H](CO)C1CCCCC1)c1nn(-c2cnccn2)c2c1C[C@H]1C[C@@H]21. The number of rotatable bonds is 10. The third-order valence-corrected chi connectivity index (χ3v) is 12.6. The van der Waals surface area contributed by atoms with Crippen LogP contribution >= 0.6 is 0 Å². The molecule has 6 aliphatic rings. The number of ether oxygens (including phenoxy) is 1. The molecule has 6 atom stereocenters. The summed E-state index contributed by atoms with van der Waals surface area (Å²) in [6.07, 6.45) is 21.5. The molecule has 0 bridgehead atoms. The second kappa shape index (κ2) is 14.9. The van der Waals surface area contributed by atoms with E-state index in [1.54, 1.807) is 41.9 Å². The monoisotopic (exact) mass is 736 g/mol. The van der Waals surface area contributed by atoms with E-state index in [0.29, 0.717) is 65.8 Å². The van der Waals surface area contributed by atoms with Gasteiger partial charge in [0.15, 0.2) is 23.0 Å². The molecule has 4 N–H and O–H groups in total. The molecule has 5 aliphatic carbocycles. The largest absolute Gasteiger partial charge is 0.394 e. The Balaban J connectivity index is 0.000000142. The van der Waals surface area contributed by atoms with E-state index < -0.39 is 0 Å². The van der Waals surface area contributed by atoms with Crippen molar-refractivity contribution in [2.45, 2.75) is 94.5 Å². The first-order chi connectivity index (χ1) is 26.5. The number of fused-ring (bicyclic) bond motifs is 6. The molecule has 54 heavy (non-hydrogen) atoms. The first kappa shape index (κ1) is 35.1. The summed E-state index contributed by atoms with van der Waals surface area (Å²) >= 11 is 0. The zero-order valence-corrected chi connectivity index (χ0v) is 30.4. The van der Waals surface area contributed by atoms with Crippen LogP contribution in [-0.4, -0.2) is 100 Å². The summed E-state index contributed by atoms with van der Waals surface area (Å²) in [4.78, 5) is 43.1. The Morgan fingerprint density at radius 2 is 1.19 bits per heavy atom. The van der Waals surface area contributed by atoms with Crippen LogP contribution in [-0.2, 0) is 17.6 Å². The Kier molecular flexibility index (Phi) is 9.70. The van der Waals surface area contributed by atoms with E-state index in [4.69, 9.17) is 4.74 Å². The summed E-state index contributed by atoms with van der Waals surface area (Å²) in [5.74, 6) is 3.74. The molecular formula is C39H48N10O5. The highest BCUT2D eigenvalue weighted by Crippen LogP contribution is 2.58. The third-order valence-electron chi connectivity index (χ3n) is 12.6. The number of nitrogens with zero attached hydrogens (tertiary/aromatic N) is 8. The van der Waals surface area contributed by atoms with E-state index in [0.717, 1.165) is 67.5 Å². The second-order valence-electron chi connectivity index (χ2n) is 15.9. The standard InChI is InChI=1S/C20H25N5O2.C19H23N5O3/c26-11-16(12-4-2-1-3-5-12)23-20(27)18-15-9-13-8-14(13)19(15)25(24-18)17-10-21-6-7-22-17;25-10-15(11-1-5-27-6-2-11)22-19(26)17-14-8-12-7-13(12)18(14)24(23-17)16-9-20-3-4-21-16/h6-7,10,12-14,16,26H,1-5,8-9,11H2,(H,23,27);3-4,9,11-13,15,25H,1-2,5-8,10H2,(H,22,26)/t13-,14-,16-;12-,13-,15+/m11/s1. The van der Waals surface area contributed by atoms with E-state index in [9.17, 15) is 19.8 Å². The van der Waals surface area contributed by atoms with Crippen LogP contribution in [0.1, 0.15) is 113 Å². The van der Waals surface area contributed by atoms with Crippen LogP contribution in [0.5, 0.6) is 0 Å². The van der Waals surface area contributed by atoms with Crippen LogP contribution < -0.4 is 10.6 Å². The van der Waals surface area contributed by atoms with Crippen molar-refractivity contribution in [1.82, 2.24) is 50.1 Å². The molecule has 0 unspecified atom stereocenters. The van der Waals surface area contributed by atoms with Gasteiger partial charge in [0.1, 0.15) is 0 Å². The summed E-state index contributed by atoms with van der Waals surface area (Å²) < 4.78 is 8.99. The van der Waals surface area contributed by atoms with Gasteiger partial charge in [0.05, 0.1) is 49.1 Å². The molecule has 5 heterocycles. The predicted octanol–water partition coefficient (Wildman–Crippen LogP) is 2.83. The van der Waals surface area contributed by atoms with Gasteiger partial charge in [-0.1, -0.05) is 19.3 Å². The van der Waals surface area contributed by atoms with Crippen molar-refractivity contribution in [3.05, 3.63) is 71.1 Å². The van der Waals surface area contributed by atoms with Gasteiger partial charge >= 0.3 is 0 Å². The quantitative estimate of drug-likeness (QED) is 0.187. The highest BCUT2D eigenvalue weighted by molar-refractivity contribution is 5.95. The zero-order chi connectivity index (χ0) is 36.8. The maximum Gasteiger partial charge on any atom is 0.272 e. The van der Waals surface area contributed by atoms with E-state index >= 15 is 0 Å². The fourth-order valence-corrected chi connectivity index (χ4v) is 9.50. The van der Waals surface area contributed by atoms with Crippen molar-refractivity contribution in [3.63, 3.8) is 0 Å². The number of nitrogens with one attached hydrogen (secondary N) is 2. The fraction of sp³-hybridized carbons (Fsp3) is 0.590. The Bertz CT molecular complexity index is 1830. The molecule has 284 valence electrons. The van der Waals surface area contributed by atoms with Crippen LogP contribution in [0.3, 0.4) is 0 Å². The molecule has 1 saturated heterocycles. The van der Waals surface area contributed by atoms with Gasteiger partial charge < -0.3 is 25.6 Å². The van der Waals surface area contributed by atoms with Gasteiger partial charge in [-0.25, -0.2) is 19.3 Å². The molecule has 2 amide bonds. The Morgan fingerprint density at radius 3 is 1.63 bits per heavy atom. The summed E-state index contributed by atoms with van der Waals surface area (Å²) in [6.45, 7) is 1.26. The molecule has 15 heteroatoms. The maximum absolute atomic E-state index is 13.0. The van der Waals surface area contributed by atoms with Crippen molar-refractivity contribution < 1.29 is 24.5 Å². The lowest BCUT2D eigenvalue weighted by Gasteiger charge is -2.29. The first-order valence-electron chi connectivity index (χ1n) is 19.7. The molecule has 3 saturated carbocycles. The lowest BCUT2D eigenvalue weighted by molar-refractivity contribution is 0.0418. The van der Waals surface area contributed by atoms with Gasteiger partial charge in [-0.15, -0.1) is 0 Å². The van der Waals surface area contributed by atoms with Crippen LogP contribution in [0, 0.1) is 23.7 Å². The molecule has 4 aromatic heterocycles. The number of hydrogen-bond acceptors (Lipinski definition) is 11. The Labute approximate surface area is 313 Å². The van der Waals surface area contributed by atoms with Gasteiger partial charge in [0.2, 0.25) is 0 Å². The van der Waals surface area contributed by atoms with Gasteiger partial charge in [-0.05, 0) is 75.0 Å². The smallest absolute Gasteiger partial charge is 0.272 e. The minimum Gasteiger partial charge on any atom is -0.394 e. The second-order valence-corrected chi connectivity index (χ2v) is 15.9. The summed E-state index contributed by atoms with van der Waals surface area (Å²) in [5.41, 5.74) is 5.29. The summed E-state index contributed by atoms with van der Waals surface area (Å²) in [6, 6.07) is -0.458. The lowest BCUT2D eigenvalue weighted by atomic mass is 9.84. The minimum atomic E-state index is -0.269. The van der Waals surface area contributed by atoms with Crippen LogP contribution in [0.4, 0.5) is 0 Å². The molecular weight excluding hydrogens is 688 g/mol. The average molecular weight is 737 g/mol. The molecule has 15 nitrogen and oxygen atoms in total. The first-order valence-corrected chi connectivity index (χ1v) is 19.7. The Hall–Kier alpha value is -4.60. The van der Waals surface area contributed by atoms with Gasteiger partial charge in [0.25, 0.3) is 11.8 Å². The molecule has 0 radical (unpaired) electrons. The number of aliphatic hydroxyl groups excluding tert-OH is 2. The van der Waals surface area contributed by atoms with E-state index in [1.165, 1.54) is 25.7 Å². The molecule has 10 rings (SSSR count).